The fraction of sp³-hybridized carbons (Fsp3) is 0.467. The van der Waals surface area contributed by atoms with Crippen LogP contribution in [0.2, 0.25) is 0 Å². The van der Waals surface area contributed by atoms with Crippen molar-refractivity contribution in [3.8, 4) is 0 Å². The van der Waals surface area contributed by atoms with E-state index in [1.54, 1.807) is 24.3 Å². The van der Waals surface area contributed by atoms with Gasteiger partial charge in [0.25, 0.3) is 0 Å². The second-order valence-corrected chi connectivity index (χ2v) is 5.38. The Balaban J connectivity index is 2.09. The van der Waals surface area contributed by atoms with Crippen molar-refractivity contribution in [3.05, 3.63) is 35.9 Å². The van der Waals surface area contributed by atoms with Crippen LogP contribution in [0.25, 0.3) is 0 Å². The third kappa shape index (κ3) is 3.10. The van der Waals surface area contributed by atoms with E-state index in [1.165, 1.54) is 6.92 Å². The summed E-state index contributed by atoms with van der Waals surface area (Å²) in [5.41, 5.74) is -0.877. The third-order valence-electron chi connectivity index (χ3n) is 3.83. The maximum atomic E-state index is 12.0. The van der Waals surface area contributed by atoms with E-state index in [9.17, 15) is 14.7 Å². The van der Waals surface area contributed by atoms with Gasteiger partial charge in [-0.2, -0.15) is 0 Å². The quantitative estimate of drug-likeness (QED) is 0.789. The average Bonchev–Trinajstić information content (AvgIpc) is 2.92. The predicted molar refractivity (Wildman–Crippen MR) is 75.4 cm³/mol. The molecular weight excluding hydrogens is 256 g/mol. The number of hydrogen-bond donors (Lipinski definition) is 3. The summed E-state index contributed by atoms with van der Waals surface area (Å²) in [6.07, 6.45) is 4.14. The number of nitrogens with one attached hydrogen (secondary N) is 2. The molecule has 0 aromatic heterocycles. The molecule has 0 heterocycles. The monoisotopic (exact) mass is 276 g/mol. The summed E-state index contributed by atoms with van der Waals surface area (Å²) in [6.45, 7) is 1.50. The van der Waals surface area contributed by atoms with Gasteiger partial charge < -0.3 is 15.7 Å². The van der Waals surface area contributed by atoms with Gasteiger partial charge in [0.05, 0.1) is 0 Å². The third-order valence-corrected chi connectivity index (χ3v) is 3.83. The van der Waals surface area contributed by atoms with Gasteiger partial charge in [0.1, 0.15) is 0 Å². The minimum Gasteiger partial charge on any atom is -0.479 e. The van der Waals surface area contributed by atoms with Gasteiger partial charge in [-0.05, 0) is 25.3 Å². The van der Waals surface area contributed by atoms with Gasteiger partial charge in [0.2, 0.25) is 0 Å². The lowest BCUT2D eigenvalue weighted by atomic mass is 9.92. The molecule has 108 valence electrons. The van der Waals surface area contributed by atoms with E-state index in [-0.39, 0.29) is 6.04 Å². The van der Waals surface area contributed by atoms with Crippen LogP contribution in [0.15, 0.2) is 30.3 Å². The Bertz CT molecular complexity index is 483. The SMILES string of the molecule is CC(NC(=O)NC1CCCC1)(C(=O)O)c1ccccc1. The standard InChI is InChI=1S/C15H20N2O3/c1-15(13(18)19,11-7-3-2-4-8-11)17-14(20)16-12-9-5-6-10-12/h2-4,7-8,12H,5-6,9-10H2,1H3,(H,18,19)(H2,16,17,20). The molecule has 5 nitrogen and oxygen atoms in total. The largest absolute Gasteiger partial charge is 0.479 e. The van der Waals surface area contributed by atoms with Crippen molar-refractivity contribution in [1.29, 1.82) is 0 Å². The molecule has 0 saturated heterocycles. The second-order valence-electron chi connectivity index (χ2n) is 5.38. The molecule has 1 aliphatic carbocycles. The summed E-state index contributed by atoms with van der Waals surface area (Å²) in [6, 6.07) is 8.45. The minimum absolute atomic E-state index is 0.156. The zero-order valence-corrected chi connectivity index (χ0v) is 11.6. The highest BCUT2D eigenvalue weighted by Crippen LogP contribution is 2.21. The van der Waals surface area contributed by atoms with E-state index < -0.39 is 17.5 Å². The van der Waals surface area contributed by atoms with Gasteiger partial charge in [-0.15, -0.1) is 0 Å². The summed E-state index contributed by atoms with van der Waals surface area (Å²) in [7, 11) is 0. The van der Waals surface area contributed by atoms with E-state index in [0.29, 0.717) is 5.56 Å². The molecule has 0 spiro atoms. The zero-order valence-electron chi connectivity index (χ0n) is 11.6. The number of amides is 2. The van der Waals surface area contributed by atoms with E-state index in [1.807, 2.05) is 6.07 Å². The van der Waals surface area contributed by atoms with Crippen molar-refractivity contribution in [2.45, 2.75) is 44.2 Å². The molecule has 0 radical (unpaired) electrons. The van der Waals surface area contributed by atoms with Crippen molar-refractivity contribution in [1.82, 2.24) is 10.6 Å². The van der Waals surface area contributed by atoms with Crippen molar-refractivity contribution < 1.29 is 14.7 Å². The molecule has 2 rings (SSSR count). The van der Waals surface area contributed by atoms with Crippen molar-refractivity contribution in [3.63, 3.8) is 0 Å². The first-order chi connectivity index (χ1) is 9.52. The van der Waals surface area contributed by atoms with Gasteiger partial charge in [-0.3, -0.25) is 0 Å². The lowest BCUT2D eigenvalue weighted by Crippen LogP contribution is -2.54. The molecule has 20 heavy (non-hydrogen) atoms. The fourth-order valence-electron chi connectivity index (χ4n) is 2.54. The molecule has 3 N–H and O–H groups in total. The van der Waals surface area contributed by atoms with Crippen LogP contribution in [0.3, 0.4) is 0 Å². The van der Waals surface area contributed by atoms with Gasteiger partial charge in [0, 0.05) is 6.04 Å². The molecular formula is C15H20N2O3. The molecule has 1 fully saturated rings. The van der Waals surface area contributed by atoms with Crippen LogP contribution in [-0.2, 0) is 10.3 Å². The van der Waals surface area contributed by atoms with Gasteiger partial charge in [-0.25, -0.2) is 9.59 Å². The molecule has 1 unspecified atom stereocenters. The van der Waals surface area contributed by atoms with Crippen LogP contribution >= 0.6 is 0 Å². The van der Waals surface area contributed by atoms with E-state index in [4.69, 9.17) is 0 Å². The summed E-state index contributed by atoms with van der Waals surface area (Å²) in [5, 5.41) is 14.9. The number of carboxylic acid groups (broad SMARTS) is 1. The topological polar surface area (TPSA) is 78.4 Å². The van der Waals surface area contributed by atoms with Crippen molar-refractivity contribution in [2.24, 2.45) is 0 Å². The van der Waals surface area contributed by atoms with Crippen LogP contribution in [0.5, 0.6) is 0 Å². The Labute approximate surface area is 118 Å². The van der Waals surface area contributed by atoms with Crippen LogP contribution in [0, 0.1) is 0 Å². The smallest absolute Gasteiger partial charge is 0.333 e. The van der Waals surface area contributed by atoms with Crippen LogP contribution in [0.4, 0.5) is 4.79 Å². The highest BCUT2D eigenvalue weighted by Gasteiger charge is 2.37. The number of carboxylic acids is 1. The molecule has 1 aliphatic rings. The van der Waals surface area contributed by atoms with Gasteiger partial charge in [-0.1, -0.05) is 43.2 Å². The van der Waals surface area contributed by atoms with E-state index in [0.717, 1.165) is 25.7 Å². The Morgan fingerprint density at radius 1 is 1.20 bits per heavy atom. The van der Waals surface area contributed by atoms with Crippen LogP contribution in [-0.4, -0.2) is 23.1 Å². The molecule has 0 aliphatic heterocycles. The molecule has 2 amide bonds. The number of aliphatic carboxylic acids is 1. The van der Waals surface area contributed by atoms with Gasteiger partial charge in [0.15, 0.2) is 5.54 Å². The summed E-state index contributed by atoms with van der Waals surface area (Å²) in [5.74, 6) is -1.08. The number of rotatable bonds is 4. The first kappa shape index (κ1) is 14.4. The highest BCUT2D eigenvalue weighted by atomic mass is 16.4. The lowest BCUT2D eigenvalue weighted by molar-refractivity contribution is -0.144. The Kier molecular flexibility index (Phi) is 4.27. The summed E-state index contributed by atoms with van der Waals surface area (Å²) in [4.78, 5) is 23.6. The zero-order chi connectivity index (χ0) is 14.6. The molecule has 1 atom stereocenters. The Morgan fingerprint density at radius 3 is 2.35 bits per heavy atom. The maximum Gasteiger partial charge on any atom is 0.333 e. The minimum atomic E-state index is -1.43. The predicted octanol–water partition coefficient (Wildman–Crippen LogP) is 2.23. The number of benzene rings is 1. The van der Waals surface area contributed by atoms with Crippen LogP contribution < -0.4 is 10.6 Å². The molecule has 5 heteroatoms. The maximum absolute atomic E-state index is 12.0. The Hall–Kier alpha value is -2.04. The number of hydrogen-bond acceptors (Lipinski definition) is 2. The fourth-order valence-corrected chi connectivity index (χ4v) is 2.54. The van der Waals surface area contributed by atoms with Crippen molar-refractivity contribution >= 4 is 12.0 Å². The normalized spacial score (nSPS) is 18.2. The molecule has 1 aromatic rings. The van der Waals surface area contributed by atoms with Crippen LogP contribution in [0.1, 0.15) is 38.2 Å². The summed E-state index contributed by atoms with van der Waals surface area (Å²) >= 11 is 0. The van der Waals surface area contributed by atoms with E-state index in [2.05, 4.69) is 10.6 Å². The lowest BCUT2D eigenvalue weighted by Gasteiger charge is -2.27. The first-order valence-electron chi connectivity index (χ1n) is 6.90. The molecule has 0 bridgehead atoms. The summed E-state index contributed by atoms with van der Waals surface area (Å²) < 4.78 is 0. The highest BCUT2D eigenvalue weighted by molar-refractivity contribution is 5.87. The van der Waals surface area contributed by atoms with Gasteiger partial charge >= 0.3 is 12.0 Å². The number of carbonyl (C=O) groups is 2. The second kappa shape index (κ2) is 5.94. The first-order valence-corrected chi connectivity index (χ1v) is 6.90. The molecule has 1 aromatic carbocycles. The van der Waals surface area contributed by atoms with E-state index >= 15 is 0 Å². The number of urea groups is 1. The van der Waals surface area contributed by atoms with Crippen molar-refractivity contribution in [2.75, 3.05) is 0 Å². The number of carbonyl (C=O) groups excluding carboxylic acids is 1. The Morgan fingerprint density at radius 2 is 1.80 bits per heavy atom. The molecule has 1 saturated carbocycles. The average molecular weight is 276 g/mol.